The Bertz CT molecular complexity index is 236. The largest absolute Gasteiger partial charge is 0.355 e. The smallest absolute Gasteiger partial charge is 0.240 e. The van der Waals surface area contributed by atoms with Crippen LogP contribution in [0.25, 0.3) is 0 Å². The molecule has 5 nitrogen and oxygen atoms in total. The Kier molecular flexibility index (Phi) is 3.70. The van der Waals surface area contributed by atoms with E-state index in [4.69, 9.17) is 5.73 Å². The molecule has 0 aliphatic carbocycles. The van der Waals surface area contributed by atoms with E-state index in [0.717, 1.165) is 0 Å². The maximum atomic E-state index is 11.8. The lowest BCUT2D eigenvalue weighted by Crippen LogP contribution is -2.58. The molecule has 1 saturated heterocycles. The number of carbonyl (C=O) groups is 1. The van der Waals surface area contributed by atoms with Crippen LogP contribution in [0, 0.1) is 0 Å². The maximum Gasteiger partial charge on any atom is 0.240 e. The molecule has 1 aliphatic heterocycles. The number of nitrogens with two attached hydrogens (primary N) is 1. The highest BCUT2D eigenvalue weighted by molar-refractivity contribution is 5.83. The lowest BCUT2D eigenvalue weighted by Gasteiger charge is -2.36. The van der Waals surface area contributed by atoms with Crippen molar-refractivity contribution in [3.63, 3.8) is 0 Å². The van der Waals surface area contributed by atoms with Gasteiger partial charge in [0.15, 0.2) is 0 Å². The molecule has 15 heavy (non-hydrogen) atoms. The molecular formula is C10H22N4O. The molecule has 1 aliphatic rings. The average molecular weight is 214 g/mol. The highest BCUT2D eigenvalue weighted by Gasteiger charge is 2.42. The highest BCUT2D eigenvalue weighted by atomic mass is 16.2. The van der Waals surface area contributed by atoms with Crippen molar-refractivity contribution in [3.8, 4) is 0 Å². The predicted octanol–water partition coefficient (Wildman–Crippen LogP) is -0.563. The summed E-state index contributed by atoms with van der Waals surface area (Å²) in [5.74, 6) is 0.00456. The fourth-order valence-electron chi connectivity index (χ4n) is 1.85. The van der Waals surface area contributed by atoms with Crippen LogP contribution < -0.4 is 16.5 Å². The predicted molar refractivity (Wildman–Crippen MR) is 60.0 cm³/mol. The van der Waals surface area contributed by atoms with Crippen LogP contribution >= 0.6 is 0 Å². The monoisotopic (exact) mass is 214 g/mol. The Hall–Kier alpha value is -0.650. The second-order valence-corrected chi connectivity index (χ2v) is 4.91. The highest BCUT2D eigenvalue weighted by Crippen LogP contribution is 2.20. The van der Waals surface area contributed by atoms with Crippen molar-refractivity contribution >= 4 is 5.91 Å². The lowest BCUT2D eigenvalue weighted by atomic mass is 10.0. The molecule has 1 fully saturated rings. The number of amides is 1. The summed E-state index contributed by atoms with van der Waals surface area (Å²) in [7, 11) is 0. The van der Waals surface area contributed by atoms with Crippen molar-refractivity contribution in [2.75, 3.05) is 13.1 Å². The SMILES string of the molecule is CCNC(=O)C1C(N)CNN1C(C)(C)C. The van der Waals surface area contributed by atoms with E-state index in [9.17, 15) is 4.79 Å². The summed E-state index contributed by atoms with van der Waals surface area (Å²) < 4.78 is 0. The molecule has 0 spiro atoms. The quantitative estimate of drug-likeness (QED) is 0.576. The molecule has 5 heteroatoms. The molecular weight excluding hydrogens is 192 g/mol. The van der Waals surface area contributed by atoms with Gasteiger partial charge in [0.25, 0.3) is 0 Å². The van der Waals surface area contributed by atoms with Gasteiger partial charge in [-0.15, -0.1) is 0 Å². The van der Waals surface area contributed by atoms with Crippen LogP contribution in [-0.2, 0) is 4.79 Å². The molecule has 1 amide bonds. The van der Waals surface area contributed by atoms with Crippen LogP contribution in [-0.4, -0.2) is 41.6 Å². The van der Waals surface area contributed by atoms with Crippen molar-refractivity contribution in [3.05, 3.63) is 0 Å². The first-order chi connectivity index (χ1) is 6.88. The molecule has 0 aromatic heterocycles. The van der Waals surface area contributed by atoms with Gasteiger partial charge in [0.2, 0.25) is 5.91 Å². The Morgan fingerprint density at radius 2 is 2.20 bits per heavy atom. The first-order valence-corrected chi connectivity index (χ1v) is 5.44. The minimum atomic E-state index is -0.273. The van der Waals surface area contributed by atoms with Gasteiger partial charge in [-0.25, -0.2) is 5.01 Å². The molecule has 4 N–H and O–H groups in total. The summed E-state index contributed by atoms with van der Waals surface area (Å²) in [5, 5.41) is 4.77. The van der Waals surface area contributed by atoms with E-state index in [-0.39, 0.29) is 23.5 Å². The molecule has 1 rings (SSSR count). The third-order valence-electron chi connectivity index (χ3n) is 2.52. The molecule has 0 radical (unpaired) electrons. The average Bonchev–Trinajstić information content (AvgIpc) is 2.46. The van der Waals surface area contributed by atoms with Crippen molar-refractivity contribution in [1.29, 1.82) is 0 Å². The zero-order chi connectivity index (χ0) is 11.6. The third-order valence-corrected chi connectivity index (χ3v) is 2.52. The number of hydrogen-bond donors (Lipinski definition) is 3. The van der Waals surface area contributed by atoms with Gasteiger partial charge in [-0.1, -0.05) is 0 Å². The molecule has 2 unspecified atom stereocenters. The summed E-state index contributed by atoms with van der Waals surface area (Å²) in [5.41, 5.74) is 9.01. The van der Waals surface area contributed by atoms with E-state index in [1.165, 1.54) is 0 Å². The van der Waals surface area contributed by atoms with Crippen LogP contribution in [0.4, 0.5) is 0 Å². The van der Waals surface area contributed by atoms with Gasteiger partial charge in [-0.2, -0.15) is 0 Å². The number of nitrogens with one attached hydrogen (secondary N) is 2. The van der Waals surface area contributed by atoms with Gasteiger partial charge in [0.1, 0.15) is 6.04 Å². The normalized spacial score (nSPS) is 28.1. The van der Waals surface area contributed by atoms with Crippen LogP contribution in [0.15, 0.2) is 0 Å². The fourth-order valence-corrected chi connectivity index (χ4v) is 1.85. The molecule has 1 heterocycles. The third kappa shape index (κ3) is 2.68. The molecule has 0 saturated carbocycles. The number of carbonyl (C=O) groups excluding carboxylic acids is 1. The summed E-state index contributed by atoms with van der Waals surface area (Å²) in [6.07, 6.45) is 0. The molecule has 2 atom stereocenters. The van der Waals surface area contributed by atoms with Crippen molar-refractivity contribution in [2.45, 2.75) is 45.3 Å². The number of hydrazine groups is 1. The van der Waals surface area contributed by atoms with Crippen LogP contribution in [0.3, 0.4) is 0 Å². The zero-order valence-electron chi connectivity index (χ0n) is 10.0. The minimum absolute atomic E-state index is 0.00456. The van der Waals surface area contributed by atoms with Gasteiger partial charge >= 0.3 is 0 Å². The first-order valence-electron chi connectivity index (χ1n) is 5.44. The maximum absolute atomic E-state index is 11.8. The Morgan fingerprint density at radius 3 is 2.67 bits per heavy atom. The fraction of sp³-hybridized carbons (Fsp3) is 0.900. The lowest BCUT2D eigenvalue weighted by molar-refractivity contribution is -0.128. The molecule has 0 bridgehead atoms. The Labute approximate surface area is 91.3 Å². The van der Waals surface area contributed by atoms with E-state index < -0.39 is 0 Å². The Morgan fingerprint density at radius 1 is 1.60 bits per heavy atom. The number of likely N-dealkylation sites (N-methyl/N-ethyl adjacent to an activating group) is 1. The van der Waals surface area contributed by atoms with E-state index in [1.54, 1.807) is 0 Å². The summed E-state index contributed by atoms with van der Waals surface area (Å²) >= 11 is 0. The van der Waals surface area contributed by atoms with Gasteiger partial charge in [0, 0.05) is 24.7 Å². The minimum Gasteiger partial charge on any atom is -0.355 e. The summed E-state index contributed by atoms with van der Waals surface area (Å²) in [6, 6.07) is -0.416. The van der Waals surface area contributed by atoms with Gasteiger partial charge in [-0.3, -0.25) is 10.2 Å². The van der Waals surface area contributed by atoms with Crippen molar-refractivity contribution < 1.29 is 4.79 Å². The zero-order valence-corrected chi connectivity index (χ0v) is 10.0. The first kappa shape index (κ1) is 12.4. The van der Waals surface area contributed by atoms with Crippen LogP contribution in [0.2, 0.25) is 0 Å². The van der Waals surface area contributed by atoms with E-state index in [0.29, 0.717) is 13.1 Å². The summed E-state index contributed by atoms with van der Waals surface area (Å²) in [6.45, 7) is 9.38. The van der Waals surface area contributed by atoms with Crippen molar-refractivity contribution in [2.24, 2.45) is 5.73 Å². The molecule has 88 valence electrons. The standard InChI is InChI=1S/C10H22N4O/c1-5-12-9(15)8-7(11)6-13-14(8)10(2,3)4/h7-8,13H,5-6,11H2,1-4H3,(H,12,15). The van der Waals surface area contributed by atoms with Crippen LogP contribution in [0.5, 0.6) is 0 Å². The van der Waals surface area contributed by atoms with Gasteiger partial charge in [0.05, 0.1) is 0 Å². The summed E-state index contributed by atoms with van der Waals surface area (Å²) in [4.78, 5) is 11.8. The second kappa shape index (κ2) is 4.47. The number of nitrogens with zero attached hydrogens (tertiary/aromatic N) is 1. The van der Waals surface area contributed by atoms with E-state index in [1.807, 2.05) is 11.9 Å². The van der Waals surface area contributed by atoms with E-state index in [2.05, 4.69) is 31.5 Å². The topological polar surface area (TPSA) is 70.4 Å². The molecule has 0 aromatic rings. The van der Waals surface area contributed by atoms with Crippen LogP contribution in [0.1, 0.15) is 27.7 Å². The second-order valence-electron chi connectivity index (χ2n) is 4.91. The number of hydrogen-bond acceptors (Lipinski definition) is 4. The Balaban J connectivity index is 2.77. The molecule has 0 aromatic carbocycles. The van der Waals surface area contributed by atoms with Gasteiger partial charge in [-0.05, 0) is 27.7 Å². The van der Waals surface area contributed by atoms with E-state index >= 15 is 0 Å². The number of rotatable bonds is 2. The van der Waals surface area contributed by atoms with Gasteiger partial charge < -0.3 is 11.1 Å². The van der Waals surface area contributed by atoms with Crippen molar-refractivity contribution in [1.82, 2.24) is 15.8 Å².